The van der Waals surface area contributed by atoms with E-state index < -0.39 is 0 Å². The van der Waals surface area contributed by atoms with Crippen LogP contribution in [-0.2, 0) is 6.42 Å². The number of aromatic nitrogens is 2. The summed E-state index contributed by atoms with van der Waals surface area (Å²) in [4.78, 5) is 8.31. The molecule has 3 rings (SSSR count). The van der Waals surface area contributed by atoms with Crippen LogP contribution >= 0.6 is 22.9 Å². The highest BCUT2D eigenvalue weighted by molar-refractivity contribution is 14.1. The van der Waals surface area contributed by atoms with Crippen LogP contribution in [0.15, 0.2) is 36.9 Å². The SMILES string of the molecule is IN1c2ccncc2Cc2cnccc21. The molecule has 1 aliphatic rings. The maximum absolute atomic E-state index is 4.15. The Hall–Kier alpha value is -1.17. The van der Waals surface area contributed by atoms with Crippen LogP contribution in [0.5, 0.6) is 0 Å². The zero-order chi connectivity index (χ0) is 10.3. The fraction of sp³-hybridized carbons (Fsp3) is 0.0909. The van der Waals surface area contributed by atoms with Gasteiger partial charge in [0, 0.05) is 31.2 Å². The minimum Gasteiger partial charge on any atom is -0.282 e. The lowest BCUT2D eigenvalue weighted by molar-refractivity contribution is 1.08. The molecule has 0 aromatic carbocycles. The van der Waals surface area contributed by atoms with Gasteiger partial charge in [-0.2, -0.15) is 0 Å². The lowest BCUT2D eigenvalue weighted by Crippen LogP contribution is -2.13. The van der Waals surface area contributed by atoms with Gasteiger partial charge in [0.25, 0.3) is 0 Å². The highest BCUT2D eigenvalue weighted by Gasteiger charge is 2.20. The van der Waals surface area contributed by atoms with E-state index in [0.29, 0.717) is 0 Å². The first-order chi connectivity index (χ1) is 7.36. The normalized spacial score (nSPS) is 13.3. The average molecular weight is 309 g/mol. The summed E-state index contributed by atoms with van der Waals surface area (Å²) in [7, 11) is 0. The molecular formula is C11H8IN3. The average Bonchev–Trinajstić information content (AvgIpc) is 2.30. The van der Waals surface area contributed by atoms with E-state index in [9.17, 15) is 0 Å². The maximum atomic E-state index is 4.15. The third-order valence-electron chi connectivity index (χ3n) is 2.56. The van der Waals surface area contributed by atoms with E-state index in [2.05, 4.69) is 35.9 Å². The fourth-order valence-corrected chi connectivity index (χ4v) is 2.77. The Balaban J connectivity index is 2.20. The van der Waals surface area contributed by atoms with Crippen molar-refractivity contribution in [1.29, 1.82) is 0 Å². The first-order valence-electron chi connectivity index (χ1n) is 4.68. The molecule has 0 bridgehead atoms. The van der Waals surface area contributed by atoms with Crippen LogP contribution in [-0.4, -0.2) is 9.97 Å². The van der Waals surface area contributed by atoms with Crippen molar-refractivity contribution in [3.05, 3.63) is 48.0 Å². The Labute approximate surface area is 102 Å². The minimum atomic E-state index is 0.922. The molecule has 0 fully saturated rings. The van der Waals surface area contributed by atoms with E-state index in [0.717, 1.165) is 6.42 Å². The molecule has 2 aromatic rings. The van der Waals surface area contributed by atoms with Gasteiger partial charge in [-0.1, -0.05) is 0 Å². The van der Waals surface area contributed by atoms with E-state index in [4.69, 9.17) is 0 Å². The number of hydrogen-bond acceptors (Lipinski definition) is 3. The van der Waals surface area contributed by atoms with Gasteiger partial charge < -0.3 is 0 Å². The second kappa shape index (κ2) is 3.44. The molecule has 74 valence electrons. The summed E-state index contributed by atoms with van der Waals surface area (Å²) >= 11 is 2.32. The van der Waals surface area contributed by atoms with Crippen molar-refractivity contribution in [3.8, 4) is 0 Å². The molecule has 3 nitrogen and oxygen atoms in total. The summed E-state index contributed by atoms with van der Waals surface area (Å²) in [6, 6.07) is 4.09. The monoisotopic (exact) mass is 309 g/mol. The molecule has 3 heterocycles. The molecule has 0 atom stereocenters. The van der Waals surface area contributed by atoms with Gasteiger partial charge in [0.2, 0.25) is 0 Å². The second-order valence-electron chi connectivity index (χ2n) is 3.47. The van der Waals surface area contributed by atoms with Crippen molar-refractivity contribution in [3.63, 3.8) is 0 Å². The zero-order valence-electron chi connectivity index (χ0n) is 7.89. The first kappa shape index (κ1) is 9.08. The highest BCUT2D eigenvalue weighted by Crippen LogP contribution is 2.39. The van der Waals surface area contributed by atoms with Gasteiger partial charge in [0.1, 0.15) is 0 Å². The number of nitrogens with zero attached hydrogens (tertiary/aromatic N) is 3. The zero-order valence-corrected chi connectivity index (χ0v) is 10.0. The van der Waals surface area contributed by atoms with Crippen molar-refractivity contribution < 1.29 is 0 Å². The lowest BCUT2D eigenvalue weighted by atomic mass is 10.0. The van der Waals surface area contributed by atoms with E-state index in [-0.39, 0.29) is 0 Å². The van der Waals surface area contributed by atoms with E-state index in [1.165, 1.54) is 22.5 Å². The number of anilines is 2. The van der Waals surface area contributed by atoms with Crippen LogP contribution in [0.1, 0.15) is 11.1 Å². The van der Waals surface area contributed by atoms with Crippen molar-refractivity contribution >= 4 is 34.2 Å². The van der Waals surface area contributed by atoms with E-state index in [1.54, 1.807) is 0 Å². The van der Waals surface area contributed by atoms with Crippen LogP contribution in [0.3, 0.4) is 0 Å². The number of rotatable bonds is 0. The van der Waals surface area contributed by atoms with Crippen LogP contribution in [0, 0.1) is 0 Å². The molecule has 0 saturated carbocycles. The largest absolute Gasteiger partial charge is 0.282 e. The van der Waals surface area contributed by atoms with Crippen molar-refractivity contribution in [2.24, 2.45) is 0 Å². The summed E-state index contributed by atoms with van der Waals surface area (Å²) in [6.45, 7) is 0. The topological polar surface area (TPSA) is 29.0 Å². The van der Waals surface area contributed by atoms with Gasteiger partial charge in [-0.05, 0) is 23.3 Å². The molecule has 0 amide bonds. The van der Waals surface area contributed by atoms with Gasteiger partial charge >= 0.3 is 0 Å². The predicted octanol–water partition coefficient (Wildman–Crippen LogP) is 2.87. The number of hydrogen-bond donors (Lipinski definition) is 0. The van der Waals surface area contributed by atoms with Crippen molar-refractivity contribution in [2.45, 2.75) is 6.42 Å². The third kappa shape index (κ3) is 1.40. The first-order valence-corrected chi connectivity index (χ1v) is 5.64. The van der Waals surface area contributed by atoms with Crippen LogP contribution in [0.4, 0.5) is 11.4 Å². The Morgan fingerprint density at radius 1 is 1.00 bits per heavy atom. The summed E-state index contributed by atoms with van der Waals surface area (Å²) in [6.07, 6.45) is 8.44. The molecular weight excluding hydrogens is 301 g/mol. The molecule has 0 radical (unpaired) electrons. The quantitative estimate of drug-likeness (QED) is 0.553. The Morgan fingerprint density at radius 3 is 2.07 bits per heavy atom. The summed E-state index contributed by atoms with van der Waals surface area (Å²) in [5.74, 6) is 0. The summed E-state index contributed by atoms with van der Waals surface area (Å²) < 4.78 is 2.16. The number of fused-ring (bicyclic) bond motifs is 2. The van der Waals surface area contributed by atoms with Crippen molar-refractivity contribution in [2.75, 3.05) is 3.11 Å². The molecule has 0 aliphatic carbocycles. The second-order valence-corrected chi connectivity index (χ2v) is 4.43. The molecule has 4 heteroatoms. The van der Waals surface area contributed by atoms with Gasteiger partial charge in [0.05, 0.1) is 34.2 Å². The molecule has 0 N–H and O–H groups in total. The summed E-state index contributed by atoms with van der Waals surface area (Å²) in [5.41, 5.74) is 4.97. The number of pyridine rings is 2. The minimum absolute atomic E-state index is 0.922. The summed E-state index contributed by atoms with van der Waals surface area (Å²) in [5, 5.41) is 0. The lowest BCUT2D eigenvalue weighted by Gasteiger charge is -2.26. The third-order valence-corrected chi connectivity index (χ3v) is 3.60. The fourth-order valence-electron chi connectivity index (χ4n) is 1.83. The Kier molecular flexibility index (Phi) is 2.09. The highest BCUT2D eigenvalue weighted by atomic mass is 127. The Bertz CT molecular complexity index is 467. The predicted molar refractivity (Wildman–Crippen MR) is 67.4 cm³/mol. The van der Waals surface area contributed by atoms with Crippen LogP contribution in [0.25, 0.3) is 0 Å². The Morgan fingerprint density at radius 2 is 1.53 bits per heavy atom. The van der Waals surface area contributed by atoms with Crippen LogP contribution in [0.2, 0.25) is 0 Å². The molecule has 0 unspecified atom stereocenters. The van der Waals surface area contributed by atoms with Gasteiger partial charge in [-0.15, -0.1) is 0 Å². The van der Waals surface area contributed by atoms with Gasteiger partial charge in [-0.25, -0.2) is 0 Å². The van der Waals surface area contributed by atoms with Crippen LogP contribution < -0.4 is 3.11 Å². The molecule has 2 aromatic heterocycles. The smallest absolute Gasteiger partial charge is 0.0646 e. The van der Waals surface area contributed by atoms with Gasteiger partial charge in [-0.3, -0.25) is 13.1 Å². The molecule has 0 saturated heterocycles. The van der Waals surface area contributed by atoms with E-state index >= 15 is 0 Å². The molecule has 0 spiro atoms. The van der Waals surface area contributed by atoms with Crippen molar-refractivity contribution in [1.82, 2.24) is 9.97 Å². The van der Waals surface area contributed by atoms with Gasteiger partial charge in [0.15, 0.2) is 0 Å². The maximum Gasteiger partial charge on any atom is 0.0646 e. The standard InChI is InChI=1S/C11H8IN3/c12-15-10-1-3-13-6-8(10)5-9-7-14-4-2-11(9)15/h1-4,6-7H,5H2. The number of halogens is 1. The van der Waals surface area contributed by atoms with E-state index in [1.807, 2.05) is 36.9 Å². The molecule has 15 heavy (non-hydrogen) atoms. The molecule has 1 aliphatic heterocycles.